The smallest absolute Gasteiger partial charge is 0.311 e. The van der Waals surface area contributed by atoms with E-state index in [9.17, 15) is 4.79 Å². The van der Waals surface area contributed by atoms with Gasteiger partial charge in [0.2, 0.25) is 0 Å². The average molecular weight is 403 g/mol. The van der Waals surface area contributed by atoms with Gasteiger partial charge in [0.05, 0.1) is 12.0 Å². The van der Waals surface area contributed by atoms with Crippen LogP contribution in [0.2, 0.25) is 0 Å². The third kappa shape index (κ3) is 6.01. The van der Waals surface area contributed by atoms with E-state index in [-0.39, 0.29) is 17.5 Å². The zero-order chi connectivity index (χ0) is 17.6. The fourth-order valence-corrected chi connectivity index (χ4v) is 4.54. The maximum Gasteiger partial charge on any atom is 0.311 e. The summed E-state index contributed by atoms with van der Waals surface area (Å²) in [6.07, 6.45) is 11.0. The molecule has 1 heterocycles. The molecule has 0 aromatic heterocycles. The van der Waals surface area contributed by atoms with E-state index in [2.05, 4.69) is 36.7 Å². The number of ether oxygens (including phenoxy) is 2. The topological polar surface area (TPSA) is 38.8 Å². The second kappa shape index (κ2) is 9.56. The summed E-state index contributed by atoms with van der Waals surface area (Å²) in [6, 6.07) is 0. The van der Waals surface area contributed by atoms with Crippen LogP contribution in [0, 0.1) is 17.3 Å². The van der Waals surface area contributed by atoms with E-state index in [4.69, 9.17) is 9.47 Å². The molecule has 1 aliphatic carbocycles. The highest BCUT2D eigenvalue weighted by Gasteiger charge is 2.35. The molecule has 3 unspecified atom stereocenters. The summed E-state index contributed by atoms with van der Waals surface area (Å²) in [5, 5.41) is 0. The minimum atomic E-state index is -0.333. The molecule has 2 rings (SSSR count). The molecule has 140 valence electrons. The molecule has 0 aromatic rings. The molecule has 2 aliphatic rings. The van der Waals surface area contributed by atoms with E-state index in [1.54, 1.807) is 0 Å². The van der Waals surface area contributed by atoms with Gasteiger partial charge >= 0.3 is 5.97 Å². The number of rotatable bonds is 10. The Morgan fingerprint density at radius 2 is 1.96 bits per heavy atom. The molecular weight excluding hydrogens is 368 g/mol. The molecule has 0 aromatic carbocycles. The first-order valence-electron chi connectivity index (χ1n) is 9.91. The van der Waals surface area contributed by atoms with Crippen molar-refractivity contribution in [3.63, 3.8) is 0 Å². The van der Waals surface area contributed by atoms with E-state index >= 15 is 0 Å². The number of hydrogen-bond donors (Lipinski definition) is 0. The molecule has 24 heavy (non-hydrogen) atoms. The Morgan fingerprint density at radius 3 is 2.50 bits per heavy atom. The van der Waals surface area contributed by atoms with Crippen molar-refractivity contribution in [1.82, 2.24) is 0 Å². The molecule has 2 fully saturated rings. The summed E-state index contributed by atoms with van der Waals surface area (Å²) in [6.45, 7) is 7.67. The molecule has 0 spiro atoms. The number of esters is 1. The molecule has 3 nitrogen and oxygen atoms in total. The van der Waals surface area contributed by atoms with Crippen LogP contribution in [0.4, 0.5) is 0 Å². The molecule has 1 aliphatic heterocycles. The van der Waals surface area contributed by atoms with Gasteiger partial charge in [-0.15, -0.1) is 0 Å². The Kier molecular flexibility index (Phi) is 8.06. The molecule has 0 bridgehead atoms. The van der Waals surface area contributed by atoms with Crippen molar-refractivity contribution >= 4 is 21.9 Å². The van der Waals surface area contributed by atoms with Crippen LogP contribution in [0.3, 0.4) is 0 Å². The normalized spacial score (nSPS) is 30.4. The Bertz CT molecular complexity index is 388. The Morgan fingerprint density at radius 1 is 1.29 bits per heavy atom. The van der Waals surface area contributed by atoms with E-state index in [1.165, 1.54) is 38.5 Å². The zero-order valence-electron chi connectivity index (χ0n) is 15.7. The largest absolute Gasteiger partial charge is 0.462 e. The molecule has 0 N–H and O–H groups in total. The fourth-order valence-electron chi connectivity index (χ4n) is 4.01. The van der Waals surface area contributed by atoms with Gasteiger partial charge < -0.3 is 9.47 Å². The van der Waals surface area contributed by atoms with Crippen LogP contribution < -0.4 is 0 Å². The van der Waals surface area contributed by atoms with Crippen LogP contribution in [0.15, 0.2) is 0 Å². The van der Waals surface area contributed by atoms with E-state index in [0.29, 0.717) is 6.61 Å². The molecule has 1 saturated carbocycles. The lowest BCUT2D eigenvalue weighted by Crippen LogP contribution is -2.30. The van der Waals surface area contributed by atoms with Gasteiger partial charge in [0.25, 0.3) is 0 Å². The van der Waals surface area contributed by atoms with E-state index in [0.717, 1.165) is 42.5 Å². The second-order valence-electron chi connectivity index (χ2n) is 8.04. The summed E-state index contributed by atoms with van der Waals surface area (Å²) < 4.78 is 10.6. The minimum absolute atomic E-state index is 0.0339. The van der Waals surface area contributed by atoms with E-state index in [1.807, 2.05) is 0 Å². The number of carbonyl (C=O) groups excluding carboxylic acids is 1. The summed E-state index contributed by atoms with van der Waals surface area (Å²) in [5.74, 6) is 1.67. The first-order chi connectivity index (χ1) is 11.5. The lowest BCUT2D eigenvalue weighted by molar-refractivity contribution is -0.156. The van der Waals surface area contributed by atoms with Crippen LogP contribution in [0.25, 0.3) is 0 Å². The van der Waals surface area contributed by atoms with Crippen LogP contribution in [0.5, 0.6) is 0 Å². The van der Waals surface area contributed by atoms with Crippen molar-refractivity contribution in [2.75, 3.05) is 13.2 Å². The number of carbonyl (C=O) groups is 1. The van der Waals surface area contributed by atoms with Gasteiger partial charge in [-0.05, 0) is 57.3 Å². The van der Waals surface area contributed by atoms with Gasteiger partial charge in [-0.25, -0.2) is 0 Å². The third-order valence-electron chi connectivity index (χ3n) is 6.27. The lowest BCUT2D eigenvalue weighted by Gasteiger charge is -2.33. The second-order valence-corrected chi connectivity index (χ2v) is 9.34. The van der Waals surface area contributed by atoms with Crippen LogP contribution in [-0.4, -0.2) is 30.1 Å². The summed E-state index contributed by atoms with van der Waals surface area (Å²) >= 11 is 3.76. The van der Waals surface area contributed by atoms with Gasteiger partial charge in [0, 0.05) is 4.83 Å². The van der Waals surface area contributed by atoms with Gasteiger partial charge in [-0.2, -0.15) is 0 Å². The lowest BCUT2D eigenvalue weighted by atomic mass is 9.75. The molecule has 0 amide bonds. The third-order valence-corrected chi connectivity index (χ3v) is 7.19. The maximum atomic E-state index is 12.4. The molecule has 3 atom stereocenters. The molecule has 4 heteroatoms. The van der Waals surface area contributed by atoms with Gasteiger partial charge in [-0.1, -0.05) is 49.0 Å². The van der Waals surface area contributed by atoms with Gasteiger partial charge in [0.15, 0.2) is 0 Å². The van der Waals surface area contributed by atoms with Gasteiger partial charge in [0.1, 0.15) is 12.7 Å². The van der Waals surface area contributed by atoms with Gasteiger partial charge in [-0.3, -0.25) is 4.79 Å². The number of halogens is 1. The molecule has 0 radical (unpaired) electrons. The summed E-state index contributed by atoms with van der Waals surface area (Å²) in [5.41, 5.74) is -0.333. The summed E-state index contributed by atoms with van der Waals surface area (Å²) in [4.78, 5) is 13.2. The standard InChI is InChI=1S/C20H35BrO3/c1-4-15(16-8-10-17(21)11-9-16)7-6-12-20(3,5-2)19(22)24-14-18-13-23-18/h15-18H,4-14H2,1-3H3. The van der Waals surface area contributed by atoms with Crippen molar-refractivity contribution in [3.8, 4) is 0 Å². The molecule has 1 saturated heterocycles. The number of hydrogen-bond acceptors (Lipinski definition) is 3. The predicted molar refractivity (Wildman–Crippen MR) is 101 cm³/mol. The Hall–Kier alpha value is -0.0900. The number of alkyl halides is 1. The highest BCUT2D eigenvalue weighted by Crippen LogP contribution is 2.38. The first-order valence-corrected chi connectivity index (χ1v) is 10.8. The van der Waals surface area contributed by atoms with Crippen LogP contribution in [0.1, 0.15) is 78.6 Å². The maximum absolute atomic E-state index is 12.4. The fraction of sp³-hybridized carbons (Fsp3) is 0.950. The zero-order valence-corrected chi connectivity index (χ0v) is 17.3. The first kappa shape index (κ1) is 20.2. The van der Waals surface area contributed by atoms with Crippen molar-refractivity contribution in [2.24, 2.45) is 17.3 Å². The van der Waals surface area contributed by atoms with Crippen LogP contribution >= 0.6 is 15.9 Å². The predicted octanol–water partition coefficient (Wildman–Crippen LogP) is 5.49. The van der Waals surface area contributed by atoms with Crippen LogP contribution in [-0.2, 0) is 14.3 Å². The SMILES string of the molecule is CCC(CCCC(C)(CC)C(=O)OCC1CO1)C1CCC(Br)CC1. The minimum Gasteiger partial charge on any atom is -0.462 e. The van der Waals surface area contributed by atoms with Crippen molar-refractivity contribution in [2.45, 2.75) is 89.5 Å². The summed E-state index contributed by atoms with van der Waals surface area (Å²) in [7, 11) is 0. The average Bonchev–Trinajstić information content (AvgIpc) is 3.41. The van der Waals surface area contributed by atoms with Crippen molar-refractivity contribution in [3.05, 3.63) is 0 Å². The monoisotopic (exact) mass is 402 g/mol. The van der Waals surface area contributed by atoms with E-state index < -0.39 is 0 Å². The Balaban J connectivity index is 1.74. The highest BCUT2D eigenvalue weighted by atomic mass is 79.9. The highest BCUT2D eigenvalue weighted by molar-refractivity contribution is 9.09. The number of epoxide rings is 1. The molecular formula is C20H35BrO3. The van der Waals surface area contributed by atoms with Crippen molar-refractivity contribution < 1.29 is 14.3 Å². The van der Waals surface area contributed by atoms with Crippen molar-refractivity contribution in [1.29, 1.82) is 0 Å². The quantitative estimate of drug-likeness (QED) is 0.275. The Labute approximate surface area is 156 Å².